The van der Waals surface area contributed by atoms with E-state index in [1.54, 1.807) is 6.92 Å². The molecule has 0 saturated heterocycles. The normalized spacial score (nSPS) is 12.2. The monoisotopic (exact) mass is 208 g/mol. The van der Waals surface area contributed by atoms with E-state index in [1.165, 1.54) is 0 Å². The lowest BCUT2D eigenvalue weighted by atomic mass is 10.1. The largest absolute Gasteiger partial charge is 0.490 e. The van der Waals surface area contributed by atoms with Crippen molar-refractivity contribution in [3.05, 3.63) is 29.3 Å². The average molecular weight is 208 g/mol. The lowest BCUT2D eigenvalue weighted by Crippen LogP contribution is -2.17. The highest BCUT2D eigenvalue weighted by molar-refractivity contribution is 5.67. The summed E-state index contributed by atoms with van der Waals surface area (Å²) >= 11 is 0. The Morgan fingerprint density at radius 2 is 1.93 bits per heavy atom. The van der Waals surface area contributed by atoms with Crippen LogP contribution in [0.1, 0.15) is 24.5 Å². The van der Waals surface area contributed by atoms with Crippen molar-refractivity contribution in [2.45, 2.75) is 33.3 Å². The number of carboxylic acid groups (broad SMARTS) is 1. The number of para-hydroxylation sites is 1. The van der Waals surface area contributed by atoms with Crippen molar-refractivity contribution in [2.24, 2.45) is 0 Å². The van der Waals surface area contributed by atoms with E-state index >= 15 is 0 Å². The summed E-state index contributed by atoms with van der Waals surface area (Å²) in [4.78, 5) is 10.5. The fraction of sp³-hybridized carbons (Fsp3) is 0.417. The van der Waals surface area contributed by atoms with Crippen molar-refractivity contribution >= 4 is 5.97 Å². The number of carboxylic acids is 1. The van der Waals surface area contributed by atoms with E-state index in [4.69, 9.17) is 9.84 Å². The molecule has 1 aromatic rings. The highest BCUT2D eigenvalue weighted by atomic mass is 16.5. The minimum atomic E-state index is -0.839. The number of aliphatic carboxylic acids is 1. The number of carbonyl (C=O) groups is 1. The van der Waals surface area contributed by atoms with Crippen LogP contribution in [0, 0.1) is 13.8 Å². The van der Waals surface area contributed by atoms with Gasteiger partial charge in [-0.05, 0) is 31.9 Å². The zero-order valence-corrected chi connectivity index (χ0v) is 9.28. The summed E-state index contributed by atoms with van der Waals surface area (Å²) < 4.78 is 5.61. The number of hydrogen-bond acceptors (Lipinski definition) is 2. The maximum atomic E-state index is 10.5. The van der Waals surface area contributed by atoms with Crippen LogP contribution in [0.15, 0.2) is 18.2 Å². The number of hydrogen-bond donors (Lipinski definition) is 1. The van der Waals surface area contributed by atoms with Crippen molar-refractivity contribution in [3.63, 3.8) is 0 Å². The summed E-state index contributed by atoms with van der Waals surface area (Å²) in [6.07, 6.45) is -0.282. The number of ether oxygens (including phenoxy) is 1. The molecule has 0 radical (unpaired) electrons. The molecule has 0 heterocycles. The zero-order valence-electron chi connectivity index (χ0n) is 9.28. The molecule has 1 atom stereocenters. The molecule has 0 aliphatic carbocycles. The smallest absolute Gasteiger partial charge is 0.307 e. The second kappa shape index (κ2) is 4.82. The van der Waals surface area contributed by atoms with E-state index in [0.29, 0.717) is 0 Å². The first-order valence-electron chi connectivity index (χ1n) is 4.95. The number of benzene rings is 1. The molecule has 0 unspecified atom stereocenters. The third-order valence-electron chi connectivity index (χ3n) is 2.19. The van der Waals surface area contributed by atoms with Gasteiger partial charge in [-0.2, -0.15) is 0 Å². The molecule has 0 aromatic heterocycles. The quantitative estimate of drug-likeness (QED) is 0.827. The van der Waals surface area contributed by atoms with Crippen LogP contribution in [0.4, 0.5) is 0 Å². The second-order valence-corrected chi connectivity index (χ2v) is 3.75. The molecule has 0 aliphatic rings. The Kier molecular flexibility index (Phi) is 3.72. The van der Waals surface area contributed by atoms with Gasteiger partial charge in [0.2, 0.25) is 0 Å². The molecule has 0 bridgehead atoms. The van der Waals surface area contributed by atoms with Gasteiger partial charge in [0, 0.05) is 0 Å². The standard InChI is InChI=1S/C12H16O3/c1-8-5-4-6-9(2)12(8)15-10(3)7-11(13)14/h4-6,10H,7H2,1-3H3,(H,13,14)/t10-/m0/s1. The second-order valence-electron chi connectivity index (χ2n) is 3.75. The van der Waals surface area contributed by atoms with Crippen LogP contribution in [-0.2, 0) is 4.79 Å². The van der Waals surface area contributed by atoms with Gasteiger partial charge < -0.3 is 9.84 Å². The summed E-state index contributed by atoms with van der Waals surface area (Å²) in [7, 11) is 0. The van der Waals surface area contributed by atoms with E-state index in [9.17, 15) is 4.79 Å². The summed E-state index contributed by atoms with van der Waals surface area (Å²) in [6, 6.07) is 5.87. The van der Waals surface area contributed by atoms with Crippen LogP contribution < -0.4 is 4.74 Å². The van der Waals surface area contributed by atoms with E-state index in [0.717, 1.165) is 16.9 Å². The minimum Gasteiger partial charge on any atom is -0.490 e. The molecule has 0 saturated carbocycles. The molecular weight excluding hydrogens is 192 g/mol. The molecule has 0 amide bonds. The van der Waals surface area contributed by atoms with Crippen LogP contribution in [0.2, 0.25) is 0 Å². The molecule has 3 heteroatoms. The predicted octanol–water partition coefficient (Wildman–Crippen LogP) is 2.55. The Bertz CT molecular complexity index is 338. The van der Waals surface area contributed by atoms with Gasteiger partial charge in [-0.25, -0.2) is 0 Å². The Morgan fingerprint density at radius 1 is 1.40 bits per heavy atom. The maximum absolute atomic E-state index is 10.5. The fourth-order valence-corrected chi connectivity index (χ4v) is 1.47. The van der Waals surface area contributed by atoms with Crippen molar-refractivity contribution in [2.75, 3.05) is 0 Å². The van der Waals surface area contributed by atoms with Gasteiger partial charge in [0.05, 0.1) is 6.42 Å². The molecule has 0 aliphatic heterocycles. The molecular formula is C12H16O3. The molecule has 1 N–H and O–H groups in total. The zero-order chi connectivity index (χ0) is 11.4. The van der Waals surface area contributed by atoms with Crippen molar-refractivity contribution in [1.29, 1.82) is 0 Å². The summed E-state index contributed by atoms with van der Waals surface area (Å²) in [5.74, 6) is -0.0417. The van der Waals surface area contributed by atoms with Gasteiger partial charge in [-0.1, -0.05) is 18.2 Å². The highest BCUT2D eigenvalue weighted by Crippen LogP contribution is 2.23. The van der Waals surface area contributed by atoms with E-state index in [-0.39, 0.29) is 12.5 Å². The first-order chi connectivity index (χ1) is 7.00. The lowest BCUT2D eigenvalue weighted by Gasteiger charge is -2.16. The first kappa shape index (κ1) is 11.6. The highest BCUT2D eigenvalue weighted by Gasteiger charge is 2.11. The number of aryl methyl sites for hydroxylation is 2. The van der Waals surface area contributed by atoms with Gasteiger partial charge in [-0.3, -0.25) is 4.79 Å². The molecule has 15 heavy (non-hydrogen) atoms. The van der Waals surface area contributed by atoms with Gasteiger partial charge in [0.1, 0.15) is 11.9 Å². The van der Waals surface area contributed by atoms with Crippen LogP contribution in [0.5, 0.6) is 5.75 Å². The Balaban J connectivity index is 2.76. The SMILES string of the molecule is Cc1cccc(C)c1O[C@@H](C)CC(=O)O. The fourth-order valence-electron chi connectivity index (χ4n) is 1.47. The van der Waals surface area contributed by atoms with Gasteiger partial charge in [0.15, 0.2) is 0 Å². The topological polar surface area (TPSA) is 46.5 Å². The molecule has 3 nitrogen and oxygen atoms in total. The van der Waals surface area contributed by atoms with Crippen LogP contribution >= 0.6 is 0 Å². The van der Waals surface area contributed by atoms with Crippen molar-refractivity contribution in [1.82, 2.24) is 0 Å². The molecule has 82 valence electrons. The molecule has 0 spiro atoms. The summed E-state index contributed by atoms with van der Waals surface area (Å²) in [6.45, 7) is 5.67. The van der Waals surface area contributed by atoms with Gasteiger partial charge in [-0.15, -0.1) is 0 Å². The lowest BCUT2D eigenvalue weighted by molar-refractivity contribution is -0.138. The molecule has 1 rings (SSSR count). The third-order valence-corrected chi connectivity index (χ3v) is 2.19. The Morgan fingerprint density at radius 3 is 2.40 bits per heavy atom. The van der Waals surface area contributed by atoms with E-state index < -0.39 is 5.97 Å². The van der Waals surface area contributed by atoms with E-state index in [2.05, 4.69) is 0 Å². The Hall–Kier alpha value is -1.51. The minimum absolute atomic E-state index is 0.0216. The third kappa shape index (κ3) is 3.27. The van der Waals surface area contributed by atoms with Gasteiger partial charge in [0.25, 0.3) is 0 Å². The summed E-state index contributed by atoms with van der Waals surface area (Å²) in [5, 5.41) is 8.62. The first-order valence-corrected chi connectivity index (χ1v) is 4.95. The van der Waals surface area contributed by atoms with Crippen LogP contribution in [0.25, 0.3) is 0 Å². The predicted molar refractivity (Wildman–Crippen MR) is 58.3 cm³/mol. The number of rotatable bonds is 4. The van der Waals surface area contributed by atoms with Crippen molar-refractivity contribution in [3.8, 4) is 5.75 Å². The van der Waals surface area contributed by atoms with E-state index in [1.807, 2.05) is 32.0 Å². The van der Waals surface area contributed by atoms with Crippen LogP contribution in [-0.4, -0.2) is 17.2 Å². The van der Waals surface area contributed by atoms with Crippen molar-refractivity contribution < 1.29 is 14.6 Å². The summed E-state index contributed by atoms with van der Waals surface area (Å²) in [5.41, 5.74) is 2.07. The average Bonchev–Trinajstić information content (AvgIpc) is 2.10. The van der Waals surface area contributed by atoms with Gasteiger partial charge >= 0.3 is 5.97 Å². The molecule has 1 aromatic carbocycles. The maximum Gasteiger partial charge on any atom is 0.307 e. The van der Waals surface area contributed by atoms with Crippen LogP contribution in [0.3, 0.4) is 0 Å². The Labute approximate surface area is 89.7 Å². The molecule has 0 fully saturated rings.